The first-order chi connectivity index (χ1) is 14.8. The van der Waals surface area contributed by atoms with E-state index in [9.17, 15) is 23.9 Å². The minimum Gasteiger partial charge on any atom is -0.484 e. The zero-order valence-corrected chi connectivity index (χ0v) is 16.2. The lowest BCUT2D eigenvalue weighted by molar-refractivity contribution is -0.120. The molecule has 1 aliphatic rings. The Balaban J connectivity index is 1.83. The summed E-state index contributed by atoms with van der Waals surface area (Å²) < 4.78 is 21.3. The Morgan fingerprint density at radius 2 is 1.90 bits per heavy atom. The number of carboxylic acid groups (broad SMARTS) is 1. The largest absolute Gasteiger partial charge is 0.484 e. The third-order valence-corrected chi connectivity index (χ3v) is 5.03. The molecule has 0 fully saturated rings. The monoisotopic (exact) mass is 423 g/mol. The van der Waals surface area contributed by atoms with Crippen molar-refractivity contribution in [3.8, 4) is 11.4 Å². The van der Waals surface area contributed by atoms with E-state index in [4.69, 9.17) is 10.5 Å². The van der Waals surface area contributed by atoms with Crippen LogP contribution in [-0.4, -0.2) is 34.1 Å². The van der Waals surface area contributed by atoms with E-state index < -0.39 is 23.6 Å². The van der Waals surface area contributed by atoms with E-state index in [0.29, 0.717) is 17.0 Å². The summed E-state index contributed by atoms with van der Waals surface area (Å²) >= 11 is 0. The number of fused-ring (bicyclic) bond motifs is 1. The fourth-order valence-corrected chi connectivity index (χ4v) is 3.70. The second-order valence-electron chi connectivity index (χ2n) is 7.06. The van der Waals surface area contributed by atoms with Crippen molar-refractivity contribution in [2.75, 3.05) is 11.9 Å². The maximum atomic E-state index is 14.6. The summed E-state index contributed by atoms with van der Waals surface area (Å²) in [5, 5.41) is 12.3. The average Bonchev–Trinajstić information content (AvgIpc) is 3.12. The quantitative estimate of drug-likeness (QED) is 0.562. The first-order valence-electron chi connectivity index (χ1n) is 9.39. The minimum absolute atomic E-state index is 0.0476. The molecule has 4 rings (SSSR count). The molecular weight excluding hydrogens is 405 g/mol. The van der Waals surface area contributed by atoms with E-state index in [1.165, 1.54) is 29.0 Å². The molecule has 1 aromatic heterocycles. The lowest BCUT2D eigenvalue weighted by Crippen LogP contribution is -2.25. The van der Waals surface area contributed by atoms with Gasteiger partial charge in [-0.2, -0.15) is 0 Å². The van der Waals surface area contributed by atoms with Gasteiger partial charge in [-0.1, -0.05) is 24.3 Å². The van der Waals surface area contributed by atoms with Crippen molar-refractivity contribution in [1.29, 1.82) is 0 Å². The Kier molecular flexibility index (Phi) is 5.16. The maximum Gasteiger partial charge on any atom is 0.339 e. The van der Waals surface area contributed by atoms with Gasteiger partial charge in [0.15, 0.2) is 6.61 Å². The number of carbonyl (C=O) groups excluding carboxylic acids is 2. The summed E-state index contributed by atoms with van der Waals surface area (Å²) in [4.78, 5) is 35.1. The van der Waals surface area contributed by atoms with E-state index >= 15 is 0 Å². The van der Waals surface area contributed by atoms with Gasteiger partial charge in [-0.15, -0.1) is 0 Å². The van der Waals surface area contributed by atoms with Crippen molar-refractivity contribution in [2.45, 2.75) is 12.3 Å². The summed E-state index contributed by atoms with van der Waals surface area (Å²) in [6, 6.07) is 12.7. The molecule has 31 heavy (non-hydrogen) atoms. The van der Waals surface area contributed by atoms with Gasteiger partial charge in [0.05, 0.1) is 17.1 Å². The van der Waals surface area contributed by atoms with Gasteiger partial charge in [-0.05, 0) is 29.8 Å². The van der Waals surface area contributed by atoms with Gasteiger partial charge in [0.1, 0.15) is 17.1 Å². The summed E-state index contributed by atoms with van der Waals surface area (Å²) in [6.45, 7) is -0.270. The number of aromatic nitrogens is 1. The zero-order valence-electron chi connectivity index (χ0n) is 16.2. The number of aromatic carboxylic acids is 1. The molecule has 0 saturated carbocycles. The number of primary amides is 1. The number of nitrogens with two attached hydrogens (primary N) is 1. The van der Waals surface area contributed by atoms with Crippen molar-refractivity contribution in [1.82, 2.24) is 4.57 Å². The molecule has 0 aliphatic carbocycles. The second kappa shape index (κ2) is 7.94. The highest BCUT2D eigenvalue weighted by molar-refractivity contribution is 6.04. The van der Waals surface area contributed by atoms with Crippen LogP contribution in [0, 0.1) is 5.82 Å². The Morgan fingerprint density at radius 1 is 1.19 bits per heavy atom. The summed E-state index contributed by atoms with van der Waals surface area (Å²) in [5.41, 5.74) is 6.44. The number of benzene rings is 2. The van der Waals surface area contributed by atoms with Crippen LogP contribution in [-0.2, 0) is 9.59 Å². The predicted octanol–water partition coefficient (Wildman–Crippen LogP) is 2.65. The van der Waals surface area contributed by atoms with Crippen LogP contribution in [0.15, 0.2) is 54.7 Å². The van der Waals surface area contributed by atoms with Crippen molar-refractivity contribution in [3.63, 3.8) is 0 Å². The molecule has 0 spiro atoms. The number of anilines is 1. The molecule has 2 amide bonds. The molecule has 1 atom stereocenters. The zero-order chi connectivity index (χ0) is 22.1. The van der Waals surface area contributed by atoms with E-state index in [0.717, 1.165) is 0 Å². The Hall–Kier alpha value is -4.14. The number of hydrogen-bond acceptors (Lipinski definition) is 4. The highest BCUT2D eigenvalue weighted by Crippen LogP contribution is 2.42. The normalized spacial score (nSPS) is 15.1. The number of hydrogen-bond donors (Lipinski definition) is 3. The summed E-state index contributed by atoms with van der Waals surface area (Å²) in [5.74, 6) is -2.83. The molecule has 158 valence electrons. The number of nitrogens with one attached hydrogen (secondary N) is 1. The van der Waals surface area contributed by atoms with E-state index in [1.54, 1.807) is 30.3 Å². The Morgan fingerprint density at radius 3 is 2.55 bits per heavy atom. The molecule has 4 N–H and O–H groups in total. The fraction of sp³-hybridized carbons (Fsp3) is 0.136. The standard InChI is InChI=1S/C22H18FN3O5/c23-16-3-1-2-4-17(16)26-10-15(22(29)30)20-21(26)14(9-19(28)25-20)12-5-7-13(8-6-12)31-11-18(24)27/h1-8,10,14H,9,11H2,(H2,24,27)(H,25,28)(H,29,30)/t14-/m0/s1. The number of amides is 2. The summed E-state index contributed by atoms with van der Waals surface area (Å²) in [6.07, 6.45) is 1.36. The molecule has 0 radical (unpaired) electrons. The first kappa shape index (κ1) is 20.1. The first-order valence-corrected chi connectivity index (χ1v) is 9.39. The lowest BCUT2D eigenvalue weighted by Gasteiger charge is -2.26. The lowest BCUT2D eigenvalue weighted by atomic mass is 9.88. The van der Waals surface area contributed by atoms with Crippen LogP contribution < -0.4 is 15.8 Å². The van der Waals surface area contributed by atoms with E-state index in [2.05, 4.69) is 5.32 Å². The van der Waals surface area contributed by atoms with Crippen LogP contribution in [0.25, 0.3) is 5.69 Å². The predicted molar refractivity (Wildman–Crippen MR) is 109 cm³/mol. The van der Waals surface area contributed by atoms with Gasteiger partial charge in [0, 0.05) is 18.5 Å². The molecular formula is C22H18FN3O5. The van der Waals surface area contributed by atoms with E-state index in [1.807, 2.05) is 0 Å². The van der Waals surface area contributed by atoms with Gasteiger partial charge in [0.2, 0.25) is 5.91 Å². The Labute approximate surface area is 176 Å². The molecule has 2 aromatic carbocycles. The van der Waals surface area contributed by atoms with Crippen molar-refractivity contribution >= 4 is 23.5 Å². The van der Waals surface area contributed by atoms with Gasteiger partial charge in [-0.25, -0.2) is 9.18 Å². The third-order valence-electron chi connectivity index (χ3n) is 5.03. The highest BCUT2D eigenvalue weighted by atomic mass is 19.1. The van der Waals surface area contributed by atoms with Crippen molar-refractivity contribution < 1.29 is 28.6 Å². The molecule has 2 heterocycles. The van der Waals surface area contributed by atoms with Crippen LogP contribution in [0.1, 0.15) is 34.0 Å². The highest BCUT2D eigenvalue weighted by Gasteiger charge is 2.34. The number of ether oxygens (including phenoxy) is 1. The Bertz CT molecular complexity index is 1190. The summed E-state index contributed by atoms with van der Waals surface area (Å²) in [7, 11) is 0. The van der Waals surface area contributed by atoms with Crippen LogP contribution >= 0.6 is 0 Å². The van der Waals surface area contributed by atoms with Crippen LogP contribution in [0.4, 0.5) is 10.1 Å². The van der Waals surface area contributed by atoms with Crippen molar-refractivity contribution in [3.05, 3.63) is 77.4 Å². The van der Waals surface area contributed by atoms with Crippen LogP contribution in [0.3, 0.4) is 0 Å². The average molecular weight is 423 g/mol. The third kappa shape index (κ3) is 3.85. The van der Waals surface area contributed by atoms with Gasteiger partial charge in [-0.3, -0.25) is 9.59 Å². The molecule has 8 nitrogen and oxygen atoms in total. The second-order valence-corrected chi connectivity index (χ2v) is 7.06. The molecule has 1 aliphatic heterocycles. The molecule has 0 saturated heterocycles. The maximum absolute atomic E-state index is 14.6. The van der Waals surface area contributed by atoms with Gasteiger partial charge in [0.25, 0.3) is 5.91 Å². The van der Waals surface area contributed by atoms with Gasteiger partial charge < -0.3 is 25.5 Å². The van der Waals surface area contributed by atoms with Crippen LogP contribution in [0.2, 0.25) is 0 Å². The molecule has 0 unspecified atom stereocenters. The van der Waals surface area contributed by atoms with Gasteiger partial charge >= 0.3 is 5.97 Å². The number of carboxylic acids is 1. The van der Waals surface area contributed by atoms with E-state index in [-0.39, 0.29) is 35.9 Å². The van der Waals surface area contributed by atoms with Crippen LogP contribution in [0.5, 0.6) is 5.75 Å². The topological polar surface area (TPSA) is 124 Å². The van der Waals surface area contributed by atoms with Crippen molar-refractivity contribution in [2.24, 2.45) is 5.73 Å². The molecule has 0 bridgehead atoms. The number of rotatable bonds is 6. The number of halogens is 1. The molecule has 3 aromatic rings. The number of para-hydroxylation sites is 1. The number of carbonyl (C=O) groups is 3. The minimum atomic E-state index is -1.23. The molecule has 9 heteroatoms. The SMILES string of the molecule is NC(=O)COc1ccc([C@@H]2CC(=O)Nc3c(C(=O)O)cn(-c4ccccc4F)c32)cc1. The smallest absolute Gasteiger partial charge is 0.339 e. The fourth-order valence-electron chi connectivity index (χ4n) is 3.70. The number of nitrogens with zero attached hydrogens (tertiary/aromatic N) is 1.